The summed E-state index contributed by atoms with van der Waals surface area (Å²) in [5.41, 5.74) is -0.657. The van der Waals surface area contributed by atoms with E-state index in [1.165, 1.54) is 24.3 Å². The molecule has 0 radical (unpaired) electrons. The second kappa shape index (κ2) is 20.4. The van der Waals surface area contributed by atoms with Crippen molar-refractivity contribution < 1.29 is 59.2 Å². The molecule has 3 aromatic rings. The Kier molecular flexibility index (Phi) is 16.6. The lowest BCUT2D eigenvalue weighted by Crippen LogP contribution is -2.49. The highest BCUT2D eigenvalue weighted by Gasteiger charge is 2.33. The smallest absolute Gasteiger partial charge is 0.442 e. The number of aryl methyl sites for hydroxylation is 1. The van der Waals surface area contributed by atoms with Crippen LogP contribution in [0, 0.1) is 12.3 Å². The predicted molar refractivity (Wildman–Crippen MR) is 212 cm³/mol. The maximum absolute atomic E-state index is 14.1. The summed E-state index contributed by atoms with van der Waals surface area (Å²) in [4.78, 5) is 41.6. The van der Waals surface area contributed by atoms with E-state index in [2.05, 4.69) is 5.32 Å². The van der Waals surface area contributed by atoms with E-state index in [0.717, 1.165) is 16.4 Å². The van der Waals surface area contributed by atoms with Crippen molar-refractivity contribution in [2.75, 3.05) is 26.4 Å². The predicted octanol–water partition coefficient (Wildman–Crippen LogP) is 6.30. The number of esters is 1. The molecule has 19 heteroatoms. The Hall–Kier alpha value is -5.24. The van der Waals surface area contributed by atoms with Crippen LogP contribution < -0.4 is 14.2 Å². The summed E-state index contributed by atoms with van der Waals surface area (Å²) in [5, 5.41) is 10.8. The molecule has 0 unspecified atom stereocenters. The van der Waals surface area contributed by atoms with Gasteiger partial charge in [0.2, 0.25) is 16.0 Å². The molecule has 3 rings (SSSR count). The van der Waals surface area contributed by atoms with Crippen LogP contribution in [0.4, 0.5) is 9.59 Å². The minimum absolute atomic E-state index is 0.0191. The first-order valence-corrected chi connectivity index (χ1v) is 21.1. The highest BCUT2D eigenvalue weighted by atomic mass is 32.2. The fourth-order valence-corrected chi connectivity index (χ4v) is 8.04. The van der Waals surface area contributed by atoms with E-state index in [1.807, 2.05) is 0 Å². The maximum Gasteiger partial charge on any atom is 0.442 e. The third-order valence-electron chi connectivity index (χ3n) is 7.20. The van der Waals surface area contributed by atoms with Crippen LogP contribution in [0.5, 0.6) is 11.5 Å². The van der Waals surface area contributed by atoms with Gasteiger partial charge in [-0.2, -0.15) is 12.7 Å². The molecule has 318 valence electrons. The fraction of sp³-hybridized carbons (Fsp3) is 0.436. The van der Waals surface area contributed by atoms with Crippen LogP contribution in [-0.2, 0) is 50.5 Å². The molecule has 0 spiro atoms. The Bertz CT molecular complexity index is 2120. The highest BCUT2D eigenvalue weighted by Crippen LogP contribution is 2.30. The monoisotopic (exact) mass is 848 g/mol. The number of nitrogens with zero attached hydrogens (tertiary/aromatic N) is 2. The van der Waals surface area contributed by atoms with Crippen LogP contribution in [0.3, 0.4) is 0 Å². The Balaban J connectivity index is 1.76. The van der Waals surface area contributed by atoms with Gasteiger partial charge in [0.05, 0.1) is 26.2 Å². The van der Waals surface area contributed by atoms with Gasteiger partial charge in [0.15, 0.2) is 0 Å². The lowest BCUT2D eigenvalue weighted by atomic mass is 10.2. The van der Waals surface area contributed by atoms with E-state index in [1.54, 1.807) is 91.8 Å². The largest absolute Gasteiger partial charge is 0.493 e. The zero-order chi connectivity index (χ0) is 43.3. The van der Waals surface area contributed by atoms with Crippen molar-refractivity contribution in [1.29, 1.82) is 5.41 Å². The molecule has 2 N–H and O–H groups in total. The van der Waals surface area contributed by atoms with Gasteiger partial charge in [0.1, 0.15) is 32.5 Å². The van der Waals surface area contributed by atoms with Crippen LogP contribution in [0.25, 0.3) is 0 Å². The quantitative estimate of drug-likeness (QED) is 0.0290. The summed E-state index contributed by atoms with van der Waals surface area (Å²) in [6.45, 7) is 12.5. The summed E-state index contributed by atoms with van der Waals surface area (Å²) in [7, 11) is -9.31. The van der Waals surface area contributed by atoms with Crippen molar-refractivity contribution >= 4 is 44.3 Å². The average Bonchev–Trinajstić information content (AvgIpc) is 3.10. The van der Waals surface area contributed by atoms with Crippen molar-refractivity contribution in [1.82, 2.24) is 14.7 Å². The number of ether oxygens (including phenoxy) is 4. The molecule has 0 aliphatic carbocycles. The van der Waals surface area contributed by atoms with Gasteiger partial charge in [-0.1, -0.05) is 42.5 Å². The van der Waals surface area contributed by atoms with E-state index in [-0.39, 0.29) is 57.3 Å². The molecule has 0 atom stereocenters. The van der Waals surface area contributed by atoms with Crippen LogP contribution in [0.1, 0.15) is 72.4 Å². The summed E-state index contributed by atoms with van der Waals surface area (Å²) >= 11 is 0. The standard InChI is InChI=1S/C39H52N4O13S2/c1-9-51-34(44)20-21-42(27-29-16-11-10-12-17-29)57(47,48)32-18-13-14-19-33(32)58(49,50)56-31-25-28(2)24-30(26-31)52-22-15-23-53-43(37(46)55-39(6,7)8)35(40)41-36(45)54-38(3,4)5/h10-14,16-19,24-26H,9,15,20-23,27H2,1-8H3,(H2,40,41,45). The molecule has 17 nitrogen and oxygen atoms in total. The molecular formula is C39H52N4O13S2. The zero-order valence-corrected chi connectivity index (χ0v) is 35.5. The molecule has 0 fully saturated rings. The van der Waals surface area contributed by atoms with Gasteiger partial charge >= 0.3 is 28.3 Å². The van der Waals surface area contributed by atoms with Crippen LogP contribution in [-0.4, -0.2) is 87.9 Å². The van der Waals surface area contributed by atoms with E-state index in [0.29, 0.717) is 16.2 Å². The Morgan fingerprint density at radius 3 is 2.02 bits per heavy atom. The second-order valence-corrected chi connectivity index (χ2v) is 18.1. The fourth-order valence-electron chi connectivity index (χ4n) is 4.91. The topological polar surface area (TPSA) is 217 Å². The van der Waals surface area contributed by atoms with Gasteiger partial charge in [-0.25, -0.2) is 18.0 Å². The van der Waals surface area contributed by atoms with Gasteiger partial charge in [0.25, 0.3) is 0 Å². The zero-order valence-electron chi connectivity index (χ0n) is 33.9. The Labute approximate surface area is 340 Å². The first kappa shape index (κ1) is 47.1. The summed E-state index contributed by atoms with van der Waals surface area (Å²) in [6, 6.07) is 18.0. The van der Waals surface area contributed by atoms with Crippen molar-refractivity contribution in [3.63, 3.8) is 0 Å². The number of sulfonamides is 1. The number of benzene rings is 3. The molecule has 0 bridgehead atoms. The highest BCUT2D eigenvalue weighted by molar-refractivity contribution is 7.91. The Morgan fingerprint density at radius 2 is 1.40 bits per heavy atom. The van der Waals surface area contributed by atoms with Gasteiger partial charge in [-0.3, -0.25) is 20.4 Å². The third-order valence-corrected chi connectivity index (χ3v) is 10.5. The van der Waals surface area contributed by atoms with E-state index in [4.69, 9.17) is 33.4 Å². The summed E-state index contributed by atoms with van der Waals surface area (Å²) < 4.78 is 83.6. The van der Waals surface area contributed by atoms with Gasteiger partial charge in [-0.05, 0) is 90.8 Å². The van der Waals surface area contributed by atoms with Crippen molar-refractivity contribution in [3.8, 4) is 11.5 Å². The van der Waals surface area contributed by atoms with Crippen molar-refractivity contribution in [2.24, 2.45) is 0 Å². The second-order valence-electron chi connectivity index (χ2n) is 14.6. The molecule has 3 aromatic carbocycles. The normalized spacial score (nSPS) is 12.0. The summed E-state index contributed by atoms with van der Waals surface area (Å²) in [5.74, 6) is -1.33. The van der Waals surface area contributed by atoms with Crippen molar-refractivity contribution in [2.45, 2.75) is 95.8 Å². The van der Waals surface area contributed by atoms with Crippen LogP contribution in [0.2, 0.25) is 0 Å². The molecule has 0 heterocycles. The summed E-state index contributed by atoms with van der Waals surface area (Å²) in [6.07, 6.45) is -2.17. The third kappa shape index (κ3) is 15.3. The number of hydrogen-bond donors (Lipinski definition) is 2. The van der Waals surface area contributed by atoms with E-state index in [9.17, 15) is 31.2 Å². The molecule has 58 heavy (non-hydrogen) atoms. The lowest BCUT2D eigenvalue weighted by molar-refractivity contribution is -0.143. The van der Waals surface area contributed by atoms with E-state index >= 15 is 0 Å². The molecular weight excluding hydrogens is 797 g/mol. The molecule has 0 aliphatic rings. The first-order chi connectivity index (χ1) is 27.0. The molecule has 0 aliphatic heterocycles. The first-order valence-electron chi connectivity index (χ1n) is 18.2. The average molecular weight is 849 g/mol. The van der Waals surface area contributed by atoms with Crippen LogP contribution in [0.15, 0.2) is 82.6 Å². The van der Waals surface area contributed by atoms with Crippen molar-refractivity contribution in [3.05, 3.63) is 83.9 Å². The number of alkyl carbamates (subject to hydrolysis) is 1. The van der Waals surface area contributed by atoms with Crippen LogP contribution >= 0.6 is 0 Å². The maximum atomic E-state index is 14.1. The van der Waals surface area contributed by atoms with E-state index < -0.39 is 65.2 Å². The molecule has 0 aromatic heterocycles. The number of hydrogen-bond acceptors (Lipinski definition) is 14. The minimum Gasteiger partial charge on any atom is -0.493 e. The number of hydroxylamine groups is 2. The number of nitrogens with one attached hydrogen (secondary N) is 2. The van der Waals surface area contributed by atoms with Gasteiger partial charge < -0.3 is 23.1 Å². The molecule has 0 saturated heterocycles. The molecule has 2 amide bonds. The number of carbonyl (C=O) groups excluding carboxylic acids is 3. The number of carbonyl (C=O) groups is 3. The number of rotatable bonds is 17. The number of amides is 2. The Morgan fingerprint density at radius 1 is 0.793 bits per heavy atom. The minimum atomic E-state index is -4.78. The SMILES string of the molecule is CCOC(=O)CCN(Cc1ccccc1)S(=O)(=O)c1ccccc1S(=O)(=O)Oc1cc(C)cc(OCCCON(C(=N)NC(=O)OC(C)(C)C)C(=O)OC(C)(C)C)c1. The lowest BCUT2D eigenvalue weighted by Gasteiger charge is -2.27. The number of guanidine groups is 1. The van der Waals surface area contributed by atoms with Gasteiger partial charge in [0, 0.05) is 25.6 Å². The van der Waals surface area contributed by atoms with Gasteiger partial charge in [-0.15, -0.1) is 5.06 Å². The molecule has 0 saturated carbocycles.